The number of carbonyl (C=O) groups excluding carboxylic acids is 2. The summed E-state index contributed by atoms with van der Waals surface area (Å²) in [5.74, 6) is 0.271. The van der Waals surface area contributed by atoms with Crippen molar-refractivity contribution < 1.29 is 14.0 Å². The van der Waals surface area contributed by atoms with Gasteiger partial charge in [-0.2, -0.15) is 0 Å². The SMILES string of the molecule is O=C1SC(=Cc2ccc(I)o2)C(=O)N1Cc1ccccc1Br. The number of nitrogens with zero attached hydrogens (tertiary/aromatic N) is 1. The summed E-state index contributed by atoms with van der Waals surface area (Å²) in [5.41, 5.74) is 0.888. The van der Waals surface area contributed by atoms with Crippen molar-refractivity contribution in [3.63, 3.8) is 0 Å². The van der Waals surface area contributed by atoms with Crippen LogP contribution >= 0.6 is 50.3 Å². The number of hydrogen-bond acceptors (Lipinski definition) is 4. The molecule has 4 nitrogen and oxygen atoms in total. The fourth-order valence-electron chi connectivity index (χ4n) is 1.97. The lowest BCUT2D eigenvalue weighted by Crippen LogP contribution is -2.27. The molecule has 3 rings (SSSR count). The lowest BCUT2D eigenvalue weighted by Gasteiger charge is -2.13. The Bertz CT molecular complexity index is 787. The zero-order valence-corrected chi connectivity index (χ0v) is 15.6. The van der Waals surface area contributed by atoms with Crippen LogP contribution in [0.5, 0.6) is 0 Å². The maximum Gasteiger partial charge on any atom is 0.293 e. The first kappa shape index (κ1) is 15.8. The maximum atomic E-state index is 12.4. The van der Waals surface area contributed by atoms with Gasteiger partial charge >= 0.3 is 0 Å². The molecule has 0 bridgehead atoms. The van der Waals surface area contributed by atoms with E-state index in [1.165, 1.54) is 4.90 Å². The number of imide groups is 1. The molecule has 0 aliphatic carbocycles. The zero-order valence-electron chi connectivity index (χ0n) is 11.1. The van der Waals surface area contributed by atoms with Crippen molar-refractivity contribution in [2.75, 3.05) is 0 Å². The van der Waals surface area contributed by atoms with E-state index in [1.807, 2.05) is 46.9 Å². The van der Waals surface area contributed by atoms with Gasteiger partial charge in [0.25, 0.3) is 11.1 Å². The number of rotatable bonds is 3. The lowest BCUT2D eigenvalue weighted by atomic mass is 10.2. The Labute approximate surface area is 153 Å². The molecule has 0 N–H and O–H groups in total. The van der Waals surface area contributed by atoms with Crippen molar-refractivity contribution in [3.05, 3.63) is 60.9 Å². The van der Waals surface area contributed by atoms with Gasteiger partial charge < -0.3 is 4.42 Å². The summed E-state index contributed by atoms with van der Waals surface area (Å²) in [6, 6.07) is 11.1. The average molecular weight is 490 g/mol. The average Bonchev–Trinajstić information content (AvgIpc) is 3.00. The molecular formula is C15H9BrINO3S. The van der Waals surface area contributed by atoms with Crippen LogP contribution in [0.1, 0.15) is 11.3 Å². The number of furan rings is 1. The van der Waals surface area contributed by atoms with Gasteiger partial charge in [0.2, 0.25) is 0 Å². The first-order valence-corrected chi connectivity index (χ1v) is 8.97. The van der Waals surface area contributed by atoms with E-state index in [0.717, 1.165) is 25.6 Å². The number of halogens is 2. The number of benzene rings is 1. The largest absolute Gasteiger partial charge is 0.451 e. The fraction of sp³-hybridized carbons (Fsp3) is 0.0667. The molecule has 22 heavy (non-hydrogen) atoms. The molecule has 0 spiro atoms. The minimum absolute atomic E-state index is 0.249. The van der Waals surface area contributed by atoms with E-state index >= 15 is 0 Å². The van der Waals surface area contributed by atoms with Gasteiger partial charge in [-0.3, -0.25) is 14.5 Å². The number of thioether (sulfide) groups is 1. The van der Waals surface area contributed by atoms with Crippen LogP contribution in [0.4, 0.5) is 4.79 Å². The summed E-state index contributed by atoms with van der Waals surface area (Å²) in [6.07, 6.45) is 1.60. The summed E-state index contributed by atoms with van der Waals surface area (Å²) in [5, 5.41) is -0.270. The van der Waals surface area contributed by atoms with Crippen molar-refractivity contribution in [2.45, 2.75) is 6.54 Å². The molecule has 1 aromatic heterocycles. The highest BCUT2D eigenvalue weighted by Crippen LogP contribution is 2.34. The summed E-state index contributed by atoms with van der Waals surface area (Å²) in [7, 11) is 0. The molecule has 1 aliphatic rings. The molecule has 2 aromatic rings. The van der Waals surface area contributed by atoms with Crippen molar-refractivity contribution in [1.82, 2.24) is 4.90 Å². The van der Waals surface area contributed by atoms with Gasteiger partial charge in [0.15, 0.2) is 3.77 Å². The van der Waals surface area contributed by atoms with E-state index in [4.69, 9.17) is 4.42 Å². The van der Waals surface area contributed by atoms with Crippen LogP contribution in [0.25, 0.3) is 6.08 Å². The lowest BCUT2D eigenvalue weighted by molar-refractivity contribution is -0.123. The Morgan fingerprint density at radius 2 is 2.00 bits per heavy atom. The van der Waals surface area contributed by atoms with E-state index in [2.05, 4.69) is 15.9 Å². The first-order valence-electron chi connectivity index (χ1n) is 6.29. The van der Waals surface area contributed by atoms with E-state index in [1.54, 1.807) is 18.2 Å². The molecule has 0 radical (unpaired) electrons. The van der Waals surface area contributed by atoms with Gasteiger partial charge in [0.05, 0.1) is 11.4 Å². The second kappa shape index (κ2) is 6.59. The monoisotopic (exact) mass is 489 g/mol. The second-order valence-corrected chi connectivity index (χ2v) is 7.41. The van der Waals surface area contributed by atoms with Crippen LogP contribution in [0, 0.1) is 3.77 Å². The van der Waals surface area contributed by atoms with E-state index in [0.29, 0.717) is 10.7 Å². The number of amides is 2. The minimum Gasteiger partial charge on any atom is -0.451 e. The third-order valence-corrected chi connectivity index (χ3v) is 5.29. The Balaban J connectivity index is 1.83. The number of hydrogen-bond donors (Lipinski definition) is 0. The molecule has 1 aliphatic heterocycles. The molecule has 1 aromatic carbocycles. The highest BCUT2D eigenvalue weighted by atomic mass is 127. The van der Waals surface area contributed by atoms with Crippen LogP contribution < -0.4 is 0 Å². The highest BCUT2D eigenvalue weighted by molar-refractivity contribution is 14.1. The second-order valence-electron chi connectivity index (χ2n) is 4.50. The third-order valence-electron chi connectivity index (χ3n) is 3.03. The molecule has 1 fully saturated rings. The molecule has 7 heteroatoms. The Morgan fingerprint density at radius 3 is 2.68 bits per heavy atom. The standard InChI is InChI=1S/C15H9BrINO3S/c16-11-4-2-1-3-9(11)8-18-14(19)12(22-15(18)20)7-10-5-6-13(17)21-10/h1-7H,8H2. The predicted molar refractivity (Wildman–Crippen MR) is 97.1 cm³/mol. The summed E-state index contributed by atoms with van der Waals surface area (Å²) >= 11 is 6.41. The zero-order chi connectivity index (χ0) is 15.7. The molecule has 2 amide bonds. The molecule has 2 heterocycles. The minimum atomic E-state index is -0.294. The van der Waals surface area contributed by atoms with E-state index in [-0.39, 0.29) is 17.7 Å². The molecule has 0 atom stereocenters. The quantitative estimate of drug-likeness (QED) is 0.455. The number of carbonyl (C=O) groups is 2. The van der Waals surface area contributed by atoms with Crippen LogP contribution in [-0.2, 0) is 11.3 Å². The highest BCUT2D eigenvalue weighted by Gasteiger charge is 2.35. The summed E-state index contributed by atoms with van der Waals surface area (Å²) < 4.78 is 7.02. The first-order chi connectivity index (χ1) is 10.5. The molecular weight excluding hydrogens is 481 g/mol. The van der Waals surface area contributed by atoms with Gasteiger partial charge in [0.1, 0.15) is 5.76 Å². The summed E-state index contributed by atoms with van der Waals surface area (Å²) in [4.78, 5) is 26.1. The summed E-state index contributed by atoms with van der Waals surface area (Å²) in [6.45, 7) is 0.249. The van der Waals surface area contributed by atoms with Gasteiger partial charge in [-0.25, -0.2) is 0 Å². The van der Waals surface area contributed by atoms with Crippen LogP contribution in [-0.4, -0.2) is 16.0 Å². The van der Waals surface area contributed by atoms with Gasteiger partial charge in [-0.1, -0.05) is 34.1 Å². The van der Waals surface area contributed by atoms with Crippen molar-refractivity contribution >= 4 is 67.5 Å². The topological polar surface area (TPSA) is 50.5 Å². The van der Waals surface area contributed by atoms with E-state index < -0.39 is 0 Å². The van der Waals surface area contributed by atoms with E-state index in [9.17, 15) is 9.59 Å². The third kappa shape index (κ3) is 3.31. The van der Waals surface area contributed by atoms with Crippen molar-refractivity contribution in [2.24, 2.45) is 0 Å². The fourth-order valence-corrected chi connectivity index (χ4v) is 3.63. The Morgan fingerprint density at radius 1 is 1.23 bits per heavy atom. The predicted octanol–water partition coefficient (Wildman–Crippen LogP) is 4.88. The maximum absolute atomic E-state index is 12.4. The van der Waals surface area contributed by atoms with Gasteiger partial charge in [-0.05, 0) is 58.1 Å². The molecule has 0 unspecified atom stereocenters. The normalized spacial score (nSPS) is 16.8. The smallest absolute Gasteiger partial charge is 0.293 e. The Hall–Kier alpha value is -1.06. The van der Waals surface area contributed by atoms with Crippen molar-refractivity contribution in [3.8, 4) is 0 Å². The van der Waals surface area contributed by atoms with Gasteiger partial charge in [-0.15, -0.1) is 0 Å². The molecule has 0 saturated carbocycles. The van der Waals surface area contributed by atoms with Crippen LogP contribution in [0.3, 0.4) is 0 Å². The van der Waals surface area contributed by atoms with Crippen LogP contribution in [0.2, 0.25) is 0 Å². The van der Waals surface area contributed by atoms with Crippen LogP contribution in [0.15, 0.2) is 50.2 Å². The Kier molecular flexibility index (Phi) is 4.74. The van der Waals surface area contributed by atoms with Crippen molar-refractivity contribution in [1.29, 1.82) is 0 Å². The molecule has 1 saturated heterocycles. The molecule has 112 valence electrons. The van der Waals surface area contributed by atoms with Gasteiger partial charge in [0, 0.05) is 10.5 Å².